The van der Waals surface area contributed by atoms with Crippen molar-refractivity contribution < 1.29 is 9.90 Å². The number of nitrogens with one attached hydrogen (secondary N) is 1. The van der Waals surface area contributed by atoms with Crippen molar-refractivity contribution in [1.82, 2.24) is 15.2 Å². The third-order valence-corrected chi connectivity index (χ3v) is 6.58. The van der Waals surface area contributed by atoms with Gasteiger partial charge in [-0.2, -0.15) is 0 Å². The molecular weight excluding hydrogens is 362 g/mol. The fourth-order valence-corrected chi connectivity index (χ4v) is 4.86. The zero-order chi connectivity index (χ0) is 20.3. The molecular formula is C24H31N3O2. The predicted octanol–water partition coefficient (Wildman–Crippen LogP) is 3.45. The van der Waals surface area contributed by atoms with E-state index in [9.17, 15) is 9.90 Å². The largest absolute Gasteiger partial charge is 0.388 e. The first-order valence-electron chi connectivity index (χ1n) is 10.8. The molecule has 5 heteroatoms. The molecule has 2 aromatic rings. The summed E-state index contributed by atoms with van der Waals surface area (Å²) in [5, 5.41) is 14.6. The Morgan fingerprint density at radius 1 is 1.17 bits per heavy atom. The lowest BCUT2D eigenvalue weighted by molar-refractivity contribution is -0.132. The average molecular weight is 394 g/mol. The quantitative estimate of drug-likeness (QED) is 0.817. The second kappa shape index (κ2) is 8.64. The van der Waals surface area contributed by atoms with Gasteiger partial charge < -0.3 is 10.4 Å². The van der Waals surface area contributed by atoms with Crippen LogP contribution in [0.2, 0.25) is 0 Å². The Balaban J connectivity index is 1.64. The summed E-state index contributed by atoms with van der Waals surface area (Å²) in [6, 6.07) is 13.9. The van der Waals surface area contributed by atoms with E-state index in [4.69, 9.17) is 0 Å². The van der Waals surface area contributed by atoms with Crippen LogP contribution < -0.4 is 5.32 Å². The van der Waals surface area contributed by atoms with E-state index in [2.05, 4.69) is 27.3 Å². The first-order chi connectivity index (χ1) is 14.0. The molecule has 3 atom stereocenters. The molecule has 1 aliphatic carbocycles. The van der Waals surface area contributed by atoms with E-state index in [1.165, 1.54) is 5.56 Å². The molecule has 1 aromatic carbocycles. The molecule has 2 N–H and O–H groups in total. The van der Waals surface area contributed by atoms with Crippen molar-refractivity contribution in [2.45, 2.75) is 63.3 Å². The van der Waals surface area contributed by atoms with Gasteiger partial charge in [0.1, 0.15) is 0 Å². The number of piperidine rings is 1. The highest BCUT2D eigenvalue weighted by atomic mass is 16.3. The van der Waals surface area contributed by atoms with Gasteiger partial charge in [-0.3, -0.25) is 14.7 Å². The molecule has 154 valence electrons. The number of amides is 1. The number of aliphatic hydroxyl groups is 1. The summed E-state index contributed by atoms with van der Waals surface area (Å²) in [5.41, 5.74) is 1.35. The van der Waals surface area contributed by atoms with Gasteiger partial charge in [0, 0.05) is 31.4 Å². The van der Waals surface area contributed by atoms with Crippen LogP contribution in [0.5, 0.6) is 0 Å². The number of rotatable bonds is 5. The second-order valence-electron chi connectivity index (χ2n) is 8.76. The van der Waals surface area contributed by atoms with E-state index in [1.807, 2.05) is 49.6 Å². The fourth-order valence-electron chi connectivity index (χ4n) is 4.86. The van der Waals surface area contributed by atoms with Crippen molar-refractivity contribution in [1.29, 1.82) is 0 Å². The lowest BCUT2D eigenvalue weighted by atomic mass is 9.79. The molecule has 1 amide bonds. The van der Waals surface area contributed by atoms with Crippen LogP contribution in [0.4, 0.5) is 0 Å². The predicted molar refractivity (Wildman–Crippen MR) is 113 cm³/mol. The zero-order valence-corrected chi connectivity index (χ0v) is 17.1. The smallest absolute Gasteiger partial charge is 0.223 e. The van der Waals surface area contributed by atoms with E-state index in [-0.39, 0.29) is 23.9 Å². The van der Waals surface area contributed by atoms with Crippen LogP contribution in [0.3, 0.4) is 0 Å². The van der Waals surface area contributed by atoms with Crippen molar-refractivity contribution in [3.8, 4) is 0 Å². The van der Waals surface area contributed by atoms with Gasteiger partial charge >= 0.3 is 0 Å². The Kier molecular flexibility index (Phi) is 5.97. The van der Waals surface area contributed by atoms with Crippen LogP contribution in [0.1, 0.15) is 56.2 Å². The first-order valence-corrected chi connectivity index (χ1v) is 10.8. The van der Waals surface area contributed by atoms with Crippen molar-refractivity contribution in [3.05, 3.63) is 66.0 Å². The van der Waals surface area contributed by atoms with Crippen LogP contribution in [0.25, 0.3) is 0 Å². The minimum Gasteiger partial charge on any atom is -0.388 e. The number of likely N-dealkylation sites (tertiary alicyclic amines) is 1. The summed E-state index contributed by atoms with van der Waals surface area (Å²) in [7, 11) is 0. The zero-order valence-electron chi connectivity index (χ0n) is 17.1. The highest BCUT2D eigenvalue weighted by Crippen LogP contribution is 2.38. The summed E-state index contributed by atoms with van der Waals surface area (Å²) in [6.45, 7) is 3.39. The SMILES string of the molecule is CC1(O)CCN(Cc2ccncc2)C(c2ccccc2)C1NC(=O)C1CCCC1. The topological polar surface area (TPSA) is 65.5 Å². The fraction of sp³-hybridized carbons (Fsp3) is 0.500. The minimum absolute atomic E-state index is 0.0813. The maximum absolute atomic E-state index is 13.0. The van der Waals surface area contributed by atoms with Gasteiger partial charge in [0.15, 0.2) is 0 Å². The molecule has 4 rings (SSSR count). The summed E-state index contributed by atoms with van der Waals surface area (Å²) in [5.74, 6) is 0.178. The Hall–Kier alpha value is -2.24. The molecule has 1 aromatic heterocycles. The number of hydrogen-bond donors (Lipinski definition) is 2. The number of benzene rings is 1. The van der Waals surface area contributed by atoms with Crippen LogP contribution >= 0.6 is 0 Å². The van der Waals surface area contributed by atoms with Gasteiger partial charge in [0.25, 0.3) is 0 Å². The summed E-state index contributed by atoms with van der Waals surface area (Å²) in [4.78, 5) is 19.5. The molecule has 2 aliphatic rings. The maximum atomic E-state index is 13.0. The Labute approximate surface area is 173 Å². The van der Waals surface area contributed by atoms with Crippen molar-refractivity contribution in [2.24, 2.45) is 5.92 Å². The molecule has 0 spiro atoms. The van der Waals surface area contributed by atoms with E-state index >= 15 is 0 Å². The van der Waals surface area contributed by atoms with Gasteiger partial charge in [-0.25, -0.2) is 0 Å². The lowest BCUT2D eigenvalue weighted by Crippen LogP contribution is -2.62. The monoisotopic (exact) mass is 393 g/mol. The Morgan fingerprint density at radius 2 is 1.86 bits per heavy atom. The summed E-state index contributed by atoms with van der Waals surface area (Å²) in [6.07, 6.45) is 8.40. The van der Waals surface area contributed by atoms with E-state index in [0.29, 0.717) is 6.42 Å². The van der Waals surface area contributed by atoms with Gasteiger partial charge in [-0.05, 0) is 49.4 Å². The van der Waals surface area contributed by atoms with Gasteiger partial charge in [-0.15, -0.1) is 0 Å². The number of nitrogens with zero attached hydrogens (tertiary/aromatic N) is 2. The van der Waals surface area contributed by atoms with E-state index in [0.717, 1.165) is 44.3 Å². The maximum Gasteiger partial charge on any atom is 0.223 e. The normalized spacial score (nSPS) is 28.3. The second-order valence-corrected chi connectivity index (χ2v) is 8.76. The molecule has 1 aliphatic heterocycles. The molecule has 2 fully saturated rings. The van der Waals surface area contributed by atoms with E-state index in [1.54, 1.807) is 0 Å². The van der Waals surface area contributed by atoms with Gasteiger partial charge in [0.2, 0.25) is 5.91 Å². The molecule has 2 heterocycles. The summed E-state index contributed by atoms with van der Waals surface area (Å²) >= 11 is 0. The number of pyridine rings is 1. The number of aromatic nitrogens is 1. The van der Waals surface area contributed by atoms with Crippen molar-refractivity contribution in [2.75, 3.05) is 6.54 Å². The number of carbonyl (C=O) groups is 1. The van der Waals surface area contributed by atoms with Crippen molar-refractivity contribution in [3.63, 3.8) is 0 Å². The standard InChI is InChI=1S/C24H31N3O2/c1-24(29)13-16-27(17-18-11-14-25-15-12-18)21(19-7-3-2-4-8-19)22(24)26-23(28)20-9-5-6-10-20/h2-4,7-8,11-12,14-15,20-22,29H,5-6,9-10,13,16-17H2,1H3,(H,26,28). The van der Waals surface area contributed by atoms with Crippen LogP contribution in [0.15, 0.2) is 54.9 Å². The van der Waals surface area contributed by atoms with Crippen LogP contribution in [0, 0.1) is 5.92 Å². The summed E-state index contributed by atoms with van der Waals surface area (Å²) < 4.78 is 0. The highest BCUT2D eigenvalue weighted by Gasteiger charge is 2.46. The Bertz CT molecular complexity index is 803. The van der Waals surface area contributed by atoms with Crippen molar-refractivity contribution >= 4 is 5.91 Å². The molecule has 1 saturated carbocycles. The molecule has 0 radical (unpaired) electrons. The molecule has 1 saturated heterocycles. The van der Waals surface area contributed by atoms with Gasteiger partial charge in [-0.1, -0.05) is 43.2 Å². The van der Waals surface area contributed by atoms with Crippen LogP contribution in [-0.4, -0.2) is 39.1 Å². The minimum atomic E-state index is -0.955. The molecule has 0 bridgehead atoms. The molecule has 5 nitrogen and oxygen atoms in total. The lowest BCUT2D eigenvalue weighted by Gasteiger charge is -2.49. The Morgan fingerprint density at radius 3 is 2.55 bits per heavy atom. The third kappa shape index (κ3) is 4.51. The van der Waals surface area contributed by atoms with Crippen LogP contribution in [-0.2, 0) is 11.3 Å². The number of carbonyl (C=O) groups excluding carboxylic acids is 1. The highest BCUT2D eigenvalue weighted by molar-refractivity contribution is 5.79. The third-order valence-electron chi connectivity index (χ3n) is 6.58. The molecule has 3 unspecified atom stereocenters. The first kappa shape index (κ1) is 20.0. The van der Waals surface area contributed by atoms with Gasteiger partial charge in [0.05, 0.1) is 17.7 Å². The molecule has 29 heavy (non-hydrogen) atoms. The van der Waals surface area contributed by atoms with E-state index < -0.39 is 5.60 Å². The number of hydrogen-bond acceptors (Lipinski definition) is 4. The average Bonchev–Trinajstić information content (AvgIpc) is 3.27.